The van der Waals surface area contributed by atoms with Crippen LogP contribution in [-0.2, 0) is 10.0 Å². The average molecular weight is 505 g/mol. The molecule has 0 radical (unpaired) electrons. The van der Waals surface area contributed by atoms with Crippen molar-refractivity contribution < 1.29 is 13.2 Å². The summed E-state index contributed by atoms with van der Waals surface area (Å²) in [5.41, 5.74) is 1.72. The van der Waals surface area contributed by atoms with Gasteiger partial charge in [0.1, 0.15) is 4.08 Å². The summed E-state index contributed by atoms with van der Waals surface area (Å²) in [5, 5.41) is 6.95. The number of hydrogen-bond donors (Lipinski definition) is 3. The number of thioether (sulfide) groups is 1. The summed E-state index contributed by atoms with van der Waals surface area (Å²) in [7, 11) is -2.17. The Morgan fingerprint density at radius 1 is 1.12 bits per heavy atom. The van der Waals surface area contributed by atoms with E-state index in [4.69, 9.17) is 11.6 Å². The van der Waals surface area contributed by atoms with E-state index >= 15 is 0 Å². The van der Waals surface area contributed by atoms with Gasteiger partial charge in [-0.1, -0.05) is 29.4 Å². The Bertz CT molecular complexity index is 1440. The first-order chi connectivity index (χ1) is 15.6. The molecule has 3 N–H and O–H groups in total. The molecule has 0 spiro atoms. The zero-order valence-electron chi connectivity index (χ0n) is 17.8. The third-order valence-electron chi connectivity index (χ3n) is 5.34. The summed E-state index contributed by atoms with van der Waals surface area (Å²) in [4.78, 5) is 25.2. The second-order valence-electron chi connectivity index (χ2n) is 7.60. The summed E-state index contributed by atoms with van der Waals surface area (Å²) >= 11 is 6.88. The van der Waals surface area contributed by atoms with Crippen LogP contribution in [-0.4, -0.2) is 30.1 Å². The minimum absolute atomic E-state index is 0.172. The van der Waals surface area contributed by atoms with Crippen LogP contribution < -0.4 is 20.9 Å². The van der Waals surface area contributed by atoms with Gasteiger partial charge in [0.05, 0.1) is 4.36 Å². The van der Waals surface area contributed by atoms with Crippen molar-refractivity contribution in [3.05, 3.63) is 75.5 Å². The number of urea groups is 1. The Morgan fingerprint density at radius 3 is 2.45 bits per heavy atom. The monoisotopic (exact) mass is 504 g/mol. The quantitative estimate of drug-likeness (QED) is 0.474. The molecule has 0 fully saturated rings. The van der Waals surface area contributed by atoms with E-state index in [1.54, 1.807) is 42.6 Å². The number of carbonyl (C=O) groups excluding carboxylic acids is 1. The number of rotatable bonds is 5. The first-order valence-corrected chi connectivity index (χ1v) is 12.6. The largest absolute Gasteiger partial charge is 0.388 e. The highest BCUT2D eigenvalue weighted by Gasteiger charge is 2.44. The van der Waals surface area contributed by atoms with E-state index in [2.05, 4.69) is 10.6 Å². The van der Waals surface area contributed by atoms with Crippen LogP contribution >= 0.6 is 23.4 Å². The van der Waals surface area contributed by atoms with Crippen LogP contribution in [0.2, 0.25) is 0 Å². The number of benzene rings is 2. The molecule has 1 atom stereocenters. The van der Waals surface area contributed by atoms with Crippen molar-refractivity contribution in [2.45, 2.75) is 17.4 Å². The fourth-order valence-corrected chi connectivity index (χ4v) is 6.54. The highest BCUT2D eigenvalue weighted by molar-refractivity contribution is 8.17. The average Bonchev–Trinajstić information content (AvgIpc) is 3.14. The number of hydrogen-bond acceptors (Lipinski definition) is 6. The summed E-state index contributed by atoms with van der Waals surface area (Å²) in [5.74, 6) is 0. The van der Waals surface area contributed by atoms with E-state index in [9.17, 15) is 18.0 Å². The van der Waals surface area contributed by atoms with Crippen LogP contribution in [0.25, 0.3) is 16.5 Å². The van der Waals surface area contributed by atoms with Gasteiger partial charge in [0.25, 0.3) is 15.6 Å². The molecule has 1 aliphatic heterocycles. The molecule has 2 heterocycles. The maximum Gasteiger partial charge on any atom is 0.332 e. The van der Waals surface area contributed by atoms with E-state index in [0.29, 0.717) is 21.1 Å². The molecular formula is C22H21ClN4O4S2. The predicted octanol–water partition coefficient (Wildman–Crippen LogP) is 4.42. The number of sulfonamides is 1. The molecule has 0 saturated carbocycles. The maximum absolute atomic E-state index is 12.9. The molecule has 2 aromatic carbocycles. The van der Waals surface area contributed by atoms with E-state index in [1.165, 1.54) is 11.5 Å². The number of amides is 2. The van der Waals surface area contributed by atoms with Crippen molar-refractivity contribution >= 4 is 61.6 Å². The van der Waals surface area contributed by atoms with Crippen LogP contribution in [0.15, 0.2) is 70.0 Å². The number of allylic oxidation sites excluding steroid dienone is 1. The molecule has 172 valence electrons. The number of nitrogens with zero attached hydrogens (tertiary/aromatic N) is 1. The molecule has 4 rings (SSSR count). The normalized spacial score (nSPS) is 18.1. The van der Waals surface area contributed by atoms with Gasteiger partial charge in [0, 0.05) is 35.7 Å². The topological polar surface area (TPSA) is 109 Å². The SMILES string of the molecule is CNc1ccc2c(=O)n(-c3ccc(NC(=O)NS(=O)(=O)C4(C)CC=C(Cl)S4)cc3)ccc2c1. The smallest absolute Gasteiger partial charge is 0.332 e. The molecule has 11 heteroatoms. The third kappa shape index (κ3) is 4.59. The lowest BCUT2D eigenvalue weighted by Crippen LogP contribution is -2.44. The lowest BCUT2D eigenvalue weighted by atomic mass is 10.1. The molecule has 1 unspecified atom stereocenters. The van der Waals surface area contributed by atoms with E-state index in [-0.39, 0.29) is 12.0 Å². The Kier molecular flexibility index (Phi) is 6.17. The second kappa shape index (κ2) is 8.77. The van der Waals surface area contributed by atoms with E-state index < -0.39 is 20.1 Å². The summed E-state index contributed by atoms with van der Waals surface area (Å²) < 4.78 is 27.9. The standard InChI is InChI=1S/C22H21ClN4O4S2/c1-22(11-9-19(23)32-22)33(30,31)26-21(29)25-15-3-6-17(7-4-15)27-12-10-14-13-16(24-2)5-8-18(14)20(27)28/h3-10,12-13,24H,11H2,1-2H3,(H2,25,26,29). The van der Waals surface area contributed by atoms with Crippen LogP contribution in [0.4, 0.5) is 16.2 Å². The first-order valence-electron chi connectivity index (χ1n) is 9.93. The first kappa shape index (κ1) is 23.2. The van der Waals surface area contributed by atoms with E-state index in [1.807, 2.05) is 30.0 Å². The maximum atomic E-state index is 12.9. The molecule has 2 amide bonds. The van der Waals surface area contributed by atoms with Crippen molar-refractivity contribution in [3.8, 4) is 5.69 Å². The Hall–Kier alpha value is -2.95. The number of pyridine rings is 1. The summed E-state index contributed by atoms with van der Waals surface area (Å²) in [6.07, 6.45) is 3.49. The summed E-state index contributed by atoms with van der Waals surface area (Å²) in [6, 6.07) is 13.0. The van der Waals surface area contributed by atoms with Gasteiger partial charge in [0.15, 0.2) is 0 Å². The van der Waals surface area contributed by atoms with Crippen LogP contribution in [0.3, 0.4) is 0 Å². The van der Waals surface area contributed by atoms with Crippen molar-refractivity contribution in [3.63, 3.8) is 0 Å². The molecule has 8 nitrogen and oxygen atoms in total. The van der Waals surface area contributed by atoms with Crippen molar-refractivity contribution in [2.75, 3.05) is 17.7 Å². The lowest BCUT2D eigenvalue weighted by molar-refractivity contribution is 0.256. The van der Waals surface area contributed by atoms with E-state index in [0.717, 1.165) is 22.8 Å². The van der Waals surface area contributed by atoms with Gasteiger partial charge in [-0.25, -0.2) is 17.9 Å². The van der Waals surface area contributed by atoms with Crippen LogP contribution in [0.1, 0.15) is 13.3 Å². The molecule has 0 aliphatic carbocycles. The van der Waals surface area contributed by atoms with Crippen LogP contribution in [0.5, 0.6) is 0 Å². The summed E-state index contributed by atoms with van der Waals surface area (Å²) in [6.45, 7) is 1.51. The molecule has 0 bridgehead atoms. The highest BCUT2D eigenvalue weighted by atomic mass is 35.5. The fourth-order valence-electron chi connectivity index (χ4n) is 3.42. The van der Waals surface area contributed by atoms with Gasteiger partial charge in [-0.2, -0.15) is 0 Å². The Morgan fingerprint density at radius 2 is 1.82 bits per heavy atom. The minimum atomic E-state index is -3.98. The minimum Gasteiger partial charge on any atom is -0.388 e. The number of aromatic nitrogens is 1. The van der Waals surface area contributed by atoms with Gasteiger partial charge in [0.2, 0.25) is 0 Å². The van der Waals surface area contributed by atoms with Crippen molar-refractivity contribution in [1.82, 2.24) is 9.29 Å². The highest BCUT2D eigenvalue weighted by Crippen LogP contribution is 2.46. The second-order valence-corrected chi connectivity index (χ2v) is 12.1. The number of anilines is 2. The number of halogens is 1. The lowest BCUT2D eigenvalue weighted by Gasteiger charge is -2.23. The van der Waals surface area contributed by atoms with Gasteiger partial charge >= 0.3 is 6.03 Å². The molecule has 33 heavy (non-hydrogen) atoms. The molecular weight excluding hydrogens is 484 g/mol. The number of carbonyl (C=O) groups is 1. The van der Waals surface area contributed by atoms with Gasteiger partial charge in [-0.15, -0.1) is 0 Å². The molecule has 1 aliphatic rings. The fraction of sp³-hybridized carbons (Fsp3) is 0.182. The van der Waals surface area contributed by atoms with Crippen LogP contribution in [0, 0.1) is 0 Å². The van der Waals surface area contributed by atoms with Crippen molar-refractivity contribution in [1.29, 1.82) is 0 Å². The van der Waals surface area contributed by atoms with Gasteiger partial charge in [-0.3, -0.25) is 9.36 Å². The Labute approximate surface area is 200 Å². The zero-order chi connectivity index (χ0) is 23.8. The van der Waals surface area contributed by atoms with Crippen molar-refractivity contribution in [2.24, 2.45) is 0 Å². The van der Waals surface area contributed by atoms with Gasteiger partial charge < -0.3 is 10.6 Å². The number of fused-ring (bicyclic) bond motifs is 1. The van der Waals surface area contributed by atoms with Gasteiger partial charge in [-0.05, 0) is 67.3 Å². The molecule has 3 aromatic rings. The predicted molar refractivity (Wildman–Crippen MR) is 135 cm³/mol. The Balaban J connectivity index is 1.49. The third-order valence-corrected chi connectivity index (χ3v) is 9.35. The molecule has 0 saturated heterocycles. The zero-order valence-corrected chi connectivity index (χ0v) is 20.1. The molecule has 1 aromatic heterocycles. The number of nitrogens with one attached hydrogen (secondary N) is 3.